The van der Waals surface area contributed by atoms with Gasteiger partial charge in [-0.25, -0.2) is 4.79 Å². The average Bonchev–Trinajstić information content (AvgIpc) is 2.81. The largest absolute Gasteiger partial charge is 0.490 e. The number of carbonyl (C=O) groups excluding carboxylic acids is 4. The molecule has 0 spiro atoms. The Kier molecular flexibility index (Phi) is 13.4. The second-order valence-corrected chi connectivity index (χ2v) is 8.05. The van der Waals surface area contributed by atoms with E-state index < -0.39 is 35.9 Å². The summed E-state index contributed by atoms with van der Waals surface area (Å²) in [5, 5.41) is 8.06. The Morgan fingerprint density at radius 2 is 1.83 bits per heavy atom. The van der Waals surface area contributed by atoms with Gasteiger partial charge in [0.15, 0.2) is 0 Å². The molecule has 3 amide bonds. The molecule has 194 valence electrons. The number of ether oxygens (including phenoxy) is 2. The van der Waals surface area contributed by atoms with Crippen molar-refractivity contribution in [3.05, 3.63) is 42.0 Å². The van der Waals surface area contributed by atoms with Crippen molar-refractivity contribution >= 4 is 36.1 Å². The zero-order chi connectivity index (χ0) is 24.9. The zero-order valence-electron chi connectivity index (χ0n) is 20.1. The van der Waals surface area contributed by atoms with E-state index in [9.17, 15) is 19.2 Å². The first-order chi connectivity index (χ1) is 16.3. The van der Waals surface area contributed by atoms with Crippen LogP contribution < -0.4 is 26.4 Å². The minimum atomic E-state index is -0.927. The molecule has 2 heterocycles. The number of fused-ring (bicyclic) bond motifs is 13. The van der Waals surface area contributed by atoms with E-state index in [4.69, 9.17) is 15.2 Å². The summed E-state index contributed by atoms with van der Waals surface area (Å²) in [6, 6.07) is 4.47. The fourth-order valence-corrected chi connectivity index (χ4v) is 3.52. The van der Waals surface area contributed by atoms with Gasteiger partial charge in [-0.1, -0.05) is 24.3 Å². The third kappa shape index (κ3) is 10.4. The standard InChI is InChI=1S/C24H34N4O6.ClH/c1-16(29)26-21-15-17-9-11-18(12-10-17)34-14-6-4-8-20(24(32)33-2)28-22(30)19(27-23(21)31)7-3-5-13-25;/h4,6,9-12,19-21H,3,5,7-8,13-15,25H2,1-2H3,(H,26,29)(H,27,31)(H,28,30);1H. The fraction of sp³-hybridized carbons (Fsp3) is 0.500. The molecule has 3 unspecified atom stereocenters. The Hall–Kier alpha value is -3.11. The number of unbranched alkanes of at least 4 members (excludes halogenated alkanes) is 1. The first kappa shape index (κ1) is 29.9. The molecule has 0 fully saturated rings. The van der Waals surface area contributed by atoms with Gasteiger partial charge >= 0.3 is 5.97 Å². The zero-order valence-corrected chi connectivity index (χ0v) is 20.9. The summed E-state index contributed by atoms with van der Waals surface area (Å²) in [7, 11) is 1.24. The van der Waals surface area contributed by atoms with E-state index in [-0.39, 0.29) is 37.8 Å². The molecule has 0 aromatic heterocycles. The quantitative estimate of drug-likeness (QED) is 0.251. The molecule has 35 heavy (non-hydrogen) atoms. The average molecular weight is 511 g/mol. The molecule has 0 saturated heterocycles. The van der Waals surface area contributed by atoms with Gasteiger partial charge in [0.25, 0.3) is 0 Å². The Bertz CT molecular complexity index is 877. The molecule has 0 radical (unpaired) electrons. The lowest BCUT2D eigenvalue weighted by atomic mass is 10.0. The van der Waals surface area contributed by atoms with E-state index >= 15 is 0 Å². The van der Waals surface area contributed by atoms with E-state index in [0.717, 1.165) is 5.56 Å². The lowest BCUT2D eigenvalue weighted by Crippen LogP contribution is -2.56. The monoisotopic (exact) mass is 510 g/mol. The van der Waals surface area contributed by atoms with E-state index in [0.29, 0.717) is 31.6 Å². The third-order valence-electron chi connectivity index (χ3n) is 5.32. The van der Waals surface area contributed by atoms with Gasteiger partial charge in [0.05, 0.1) is 7.11 Å². The minimum Gasteiger partial charge on any atom is -0.490 e. The summed E-state index contributed by atoms with van der Waals surface area (Å²) in [5.74, 6) is -1.35. The topological polar surface area (TPSA) is 149 Å². The van der Waals surface area contributed by atoms with Crippen LogP contribution in [0.3, 0.4) is 0 Å². The van der Waals surface area contributed by atoms with Crippen LogP contribution in [0.15, 0.2) is 36.4 Å². The summed E-state index contributed by atoms with van der Waals surface area (Å²) >= 11 is 0. The summed E-state index contributed by atoms with van der Waals surface area (Å²) in [6.07, 6.45) is 5.50. The van der Waals surface area contributed by atoms with Gasteiger partial charge < -0.3 is 31.2 Å². The van der Waals surface area contributed by atoms with Gasteiger partial charge in [-0.2, -0.15) is 0 Å². The molecule has 2 aliphatic rings. The van der Waals surface area contributed by atoms with Crippen LogP contribution in [0.4, 0.5) is 0 Å². The number of carbonyl (C=O) groups is 4. The summed E-state index contributed by atoms with van der Waals surface area (Å²) in [5.41, 5.74) is 6.39. The maximum Gasteiger partial charge on any atom is 0.328 e. The third-order valence-corrected chi connectivity index (χ3v) is 5.32. The van der Waals surface area contributed by atoms with E-state index in [2.05, 4.69) is 16.0 Å². The van der Waals surface area contributed by atoms with Crippen LogP contribution in [0, 0.1) is 0 Å². The Balaban J connectivity index is 0.00000612. The molecule has 1 aromatic rings. The molecular formula is C24H35ClN4O6. The maximum absolute atomic E-state index is 13.1. The Morgan fingerprint density at radius 1 is 1.11 bits per heavy atom. The lowest BCUT2D eigenvalue weighted by molar-refractivity contribution is -0.145. The van der Waals surface area contributed by atoms with Crippen LogP contribution in [0.25, 0.3) is 0 Å². The molecular weight excluding hydrogens is 476 g/mol. The number of hydrogen-bond donors (Lipinski definition) is 4. The SMILES string of the molecule is COC(=O)C1CC=CCOc2ccc(cc2)CC(NC(C)=O)C(=O)NC(CCCCN)C(=O)N1.Cl. The summed E-state index contributed by atoms with van der Waals surface area (Å²) < 4.78 is 10.5. The van der Waals surface area contributed by atoms with Crippen LogP contribution in [0.5, 0.6) is 5.75 Å². The number of benzene rings is 1. The normalized spacial score (nSPS) is 20.9. The number of methoxy groups -OCH3 is 1. The number of rotatable bonds is 6. The molecule has 5 N–H and O–H groups in total. The molecule has 10 nitrogen and oxygen atoms in total. The number of esters is 1. The molecule has 0 saturated carbocycles. The highest BCUT2D eigenvalue weighted by molar-refractivity contribution is 5.93. The molecule has 0 aliphatic carbocycles. The number of nitrogens with one attached hydrogen (secondary N) is 3. The highest BCUT2D eigenvalue weighted by Crippen LogP contribution is 2.14. The second kappa shape index (κ2) is 15.7. The van der Waals surface area contributed by atoms with Crippen molar-refractivity contribution in [1.82, 2.24) is 16.0 Å². The van der Waals surface area contributed by atoms with Gasteiger partial charge in [0.2, 0.25) is 17.7 Å². The van der Waals surface area contributed by atoms with Crippen LogP contribution in [0.1, 0.15) is 38.2 Å². The van der Waals surface area contributed by atoms with E-state index in [1.54, 1.807) is 24.3 Å². The van der Waals surface area contributed by atoms with Gasteiger partial charge in [-0.3, -0.25) is 14.4 Å². The summed E-state index contributed by atoms with van der Waals surface area (Å²) in [4.78, 5) is 50.1. The first-order valence-electron chi connectivity index (χ1n) is 11.4. The van der Waals surface area contributed by atoms with Crippen LogP contribution in [-0.4, -0.2) is 62.1 Å². The number of nitrogens with two attached hydrogens (primary N) is 1. The van der Waals surface area contributed by atoms with Crippen LogP contribution in [0.2, 0.25) is 0 Å². The first-order valence-corrected chi connectivity index (χ1v) is 11.4. The lowest BCUT2D eigenvalue weighted by Gasteiger charge is -2.24. The number of amides is 3. The smallest absolute Gasteiger partial charge is 0.328 e. The molecule has 2 bridgehead atoms. The van der Waals surface area contributed by atoms with E-state index in [1.165, 1.54) is 14.0 Å². The molecule has 3 rings (SSSR count). The predicted octanol–water partition coefficient (Wildman–Crippen LogP) is 0.766. The Labute approximate surface area is 211 Å². The summed E-state index contributed by atoms with van der Waals surface area (Å²) in [6.45, 7) is 2.05. The minimum absolute atomic E-state index is 0. The van der Waals surface area contributed by atoms with E-state index in [1.807, 2.05) is 12.1 Å². The molecule has 2 aliphatic heterocycles. The predicted molar refractivity (Wildman–Crippen MR) is 133 cm³/mol. The highest BCUT2D eigenvalue weighted by Gasteiger charge is 2.29. The van der Waals surface area contributed by atoms with Gasteiger partial charge in [0, 0.05) is 13.3 Å². The van der Waals surface area contributed by atoms with Crippen molar-refractivity contribution in [1.29, 1.82) is 0 Å². The van der Waals surface area contributed by atoms with Crippen molar-refractivity contribution in [2.75, 3.05) is 20.3 Å². The van der Waals surface area contributed by atoms with Gasteiger partial charge in [0.1, 0.15) is 30.5 Å². The fourth-order valence-electron chi connectivity index (χ4n) is 3.52. The maximum atomic E-state index is 13.1. The van der Waals surface area contributed by atoms with Crippen molar-refractivity contribution in [2.45, 2.75) is 57.2 Å². The molecule has 11 heteroatoms. The van der Waals surface area contributed by atoms with Crippen LogP contribution in [-0.2, 0) is 30.3 Å². The molecule has 1 aromatic carbocycles. The second-order valence-electron chi connectivity index (χ2n) is 8.05. The van der Waals surface area contributed by atoms with Crippen molar-refractivity contribution in [2.24, 2.45) is 5.73 Å². The number of hydrogen-bond acceptors (Lipinski definition) is 7. The van der Waals surface area contributed by atoms with Crippen LogP contribution >= 0.6 is 12.4 Å². The number of halogens is 1. The van der Waals surface area contributed by atoms with Crippen molar-refractivity contribution in [3.63, 3.8) is 0 Å². The van der Waals surface area contributed by atoms with Gasteiger partial charge in [-0.05, 0) is 49.9 Å². The van der Waals surface area contributed by atoms with Gasteiger partial charge in [-0.15, -0.1) is 12.4 Å². The molecule has 3 atom stereocenters. The Morgan fingerprint density at radius 3 is 2.46 bits per heavy atom. The van der Waals surface area contributed by atoms with Crippen molar-refractivity contribution < 1.29 is 28.7 Å². The highest BCUT2D eigenvalue weighted by atomic mass is 35.5. The van der Waals surface area contributed by atoms with Crippen molar-refractivity contribution in [3.8, 4) is 5.75 Å².